The number of anilines is 1. The molecule has 0 radical (unpaired) electrons. The van der Waals surface area contributed by atoms with Gasteiger partial charge < -0.3 is 25.8 Å². The number of methoxy groups -OCH3 is 2. The zero-order chi connectivity index (χ0) is 18.2. The SMILES string of the molecule is COc1ccc(NC(=O)C(=O)NCc2cccc(CN)c2)c(OC)c1. The topological polar surface area (TPSA) is 103 Å². The molecule has 0 unspecified atom stereocenters. The van der Waals surface area contributed by atoms with E-state index in [1.807, 2.05) is 24.3 Å². The molecule has 0 bridgehead atoms. The minimum absolute atomic E-state index is 0.236. The maximum absolute atomic E-state index is 12.0. The fraction of sp³-hybridized carbons (Fsp3) is 0.222. The Labute approximate surface area is 146 Å². The summed E-state index contributed by atoms with van der Waals surface area (Å²) in [5.41, 5.74) is 7.79. The van der Waals surface area contributed by atoms with Gasteiger partial charge in [-0.2, -0.15) is 0 Å². The largest absolute Gasteiger partial charge is 0.497 e. The lowest BCUT2D eigenvalue weighted by atomic mass is 10.1. The number of rotatable bonds is 6. The first-order valence-corrected chi connectivity index (χ1v) is 7.66. The predicted octanol–water partition coefficient (Wildman–Crippen LogP) is 1.42. The number of amides is 2. The third kappa shape index (κ3) is 4.95. The summed E-state index contributed by atoms with van der Waals surface area (Å²) in [5, 5.41) is 5.09. The molecule has 132 valence electrons. The van der Waals surface area contributed by atoms with Crippen molar-refractivity contribution in [3.8, 4) is 11.5 Å². The summed E-state index contributed by atoms with van der Waals surface area (Å²) in [7, 11) is 3.00. The lowest BCUT2D eigenvalue weighted by Crippen LogP contribution is -2.35. The summed E-state index contributed by atoms with van der Waals surface area (Å²) in [5.74, 6) is -0.537. The Morgan fingerprint density at radius 1 is 1.00 bits per heavy atom. The van der Waals surface area contributed by atoms with Crippen LogP contribution in [-0.4, -0.2) is 26.0 Å². The van der Waals surface area contributed by atoms with E-state index < -0.39 is 11.8 Å². The molecule has 2 amide bonds. The van der Waals surface area contributed by atoms with Crippen LogP contribution in [-0.2, 0) is 22.7 Å². The van der Waals surface area contributed by atoms with Crippen LogP contribution in [0.25, 0.3) is 0 Å². The van der Waals surface area contributed by atoms with E-state index in [1.165, 1.54) is 14.2 Å². The summed E-state index contributed by atoms with van der Waals surface area (Å²) >= 11 is 0. The molecule has 0 spiro atoms. The highest BCUT2D eigenvalue weighted by atomic mass is 16.5. The van der Waals surface area contributed by atoms with Crippen LogP contribution in [0.15, 0.2) is 42.5 Å². The van der Waals surface area contributed by atoms with Crippen molar-refractivity contribution < 1.29 is 19.1 Å². The van der Waals surface area contributed by atoms with Crippen molar-refractivity contribution in [1.29, 1.82) is 0 Å². The molecule has 0 aliphatic heterocycles. The molecular weight excluding hydrogens is 322 g/mol. The zero-order valence-electron chi connectivity index (χ0n) is 14.2. The van der Waals surface area contributed by atoms with Crippen molar-refractivity contribution in [3.05, 3.63) is 53.6 Å². The number of hydrogen-bond donors (Lipinski definition) is 3. The minimum atomic E-state index is -0.779. The maximum Gasteiger partial charge on any atom is 0.313 e. The average Bonchev–Trinajstić information content (AvgIpc) is 2.66. The van der Waals surface area contributed by atoms with E-state index in [2.05, 4.69) is 10.6 Å². The number of carbonyl (C=O) groups is 2. The summed E-state index contributed by atoms with van der Waals surface area (Å²) in [6, 6.07) is 12.4. The van der Waals surface area contributed by atoms with Gasteiger partial charge in [0.2, 0.25) is 0 Å². The van der Waals surface area contributed by atoms with Crippen molar-refractivity contribution >= 4 is 17.5 Å². The minimum Gasteiger partial charge on any atom is -0.497 e. The predicted molar refractivity (Wildman–Crippen MR) is 94.4 cm³/mol. The van der Waals surface area contributed by atoms with Crippen LogP contribution in [0.5, 0.6) is 11.5 Å². The monoisotopic (exact) mass is 343 g/mol. The lowest BCUT2D eigenvalue weighted by molar-refractivity contribution is -0.136. The Morgan fingerprint density at radius 3 is 2.44 bits per heavy atom. The van der Waals surface area contributed by atoms with Crippen molar-refractivity contribution in [1.82, 2.24) is 5.32 Å². The van der Waals surface area contributed by atoms with Crippen molar-refractivity contribution in [2.45, 2.75) is 13.1 Å². The van der Waals surface area contributed by atoms with Crippen LogP contribution in [0.2, 0.25) is 0 Å². The fourth-order valence-corrected chi connectivity index (χ4v) is 2.21. The van der Waals surface area contributed by atoms with Gasteiger partial charge in [-0.3, -0.25) is 9.59 Å². The van der Waals surface area contributed by atoms with Gasteiger partial charge in [0.25, 0.3) is 0 Å². The van der Waals surface area contributed by atoms with E-state index in [-0.39, 0.29) is 6.54 Å². The summed E-state index contributed by atoms with van der Waals surface area (Å²) in [6.07, 6.45) is 0. The summed E-state index contributed by atoms with van der Waals surface area (Å²) in [6.45, 7) is 0.652. The normalized spacial score (nSPS) is 10.0. The molecule has 2 rings (SSSR count). The number of hydrogen-bond acceptors (Lipinski definition) is 5. The Kier molecular flexibility index (Phi) is 6.36. The van der Waals surface area contributed by atoms with Gasteiger partial charge in [-0.05, 0) is 23.3 Å². The van der Waals surface area contributed by atoms with Crippen LogP contribution in [0.1, 0.15) is 11.1 Å². The van der Waals surface area contributed by atoms with Crippen LogP contribution >= 0.6 is 0 Å². The van der Waals surface area contributed by atoms with Gasteiger partial charge in [-0.15, -0.1) is 0 Å². The van der Waals surface area contributed by atoms with Crippen LogP contribution < -0.4 is 25.8 Å². The standard InChI is InChI=1S/C18H21N3O4/c1-24-14-6-7-15(16(9-14)25-2)21-18(23)17(22)20-11-13-5-3-4-12(8-13)10-19/h3-9H,10-11,19H2,1-2H3,(H,20,22)(H,21,23). The number of nitrogens with one attached hydrogen (secondary N) is 2. The van der Waals surface area contributed by atoms with Crippen molar-refractivity contribution in [2.75, 3.05) is 19.5 Å². The molecule has 7 nitrogen and oxygen atoms in total. The zero-order valence-corrected chi connectivity index (χ0v) is 14.2. The van der Waals surface area contributed by atoms with Gasteiger partial charge in [-0.25, -0.2) is 0 Å². The quantitative estimate of drug-likeness (QED) is 0.688. The van der Waals surface area contributed by atoms with E-state index in [0.717, 1.165) is 11.1 Å². The first-order chi connectivity index (χ1) is 12.1. The highest BCUT2D eigenvalue weighted by Crippen LogP contribution is 2.28. The van der Waals surface area contributed by atoms with Crippen LogP contribution in [0, 0.1) is 0 Å². The molecule has 0 aliphatic rings. The number of carbonyl (C=O) groups excluding carboxylic acids is 2. The highest BCUT2D eigenvalue weighted by molar-refractivity contribution is 6.39. The van der Waals surface area contributed by atoms with Crippen molar-refractivity contribution in [2.24, 2.45) is 5.73 Å². The smallest absolute Gasteiger partial charge is 0.313 e. The van der Waals surface area contributed by atoms with Gasteiger partial charge in [-0.1, -0.05) is 24.3 Å². The second-order valence-corrected chi connectivity index (χ2v) is 5.23. The fourth-order valence-electron chi connectivity index (χ4n) is 2.21. The lowest BCUT2D eigenvalue weighted by Gasteiger charge is -2.11. The van der Waals surface area contributed by atoms with Crippen LogP contribution in [0.4, 0.5) is 5.69 Å². The van der Waals surface area contributed by atoms with Gasteiger partial charge >= 0.3 is 11.8 Å². The Bertz CT molecular complexity index is 762. The molecule has 0 fully saturated rings. The van der Waals surface area contributed by atoms with Gasteiger partial charge in [0.05, 0.1) is 19.9 Å². The molecule has 0 atom stereocenters. The average molecular weight is 343 g/mol. The Hall–Kier alpha value is -3.06. The Balaban J connectivity index is 1.97. The molecule has 7 heteroatoms. The molecule has 0 heterocycles. The number of benzene rings is 2. The van der Waals surface area contributed by atoms with E-state index in [9.17, 15) is 9.59 Å². The first-order valence-electron chi connectivity index (χ1n) is 7.66. The third-order valence-corrected chi connectivity index (χ3v) is 3.54. The van der Waals surface area contributed by atoms with E-state index >= 15 is 0 Å². The number of nitrogens with two attached hydrogens (primary N) is 1. The molecule has 0 saturated carbocycles. The molecule has 2 aromatic carbocycles. The first kappa shape index (κ1) is 18.3. The molecule has 4 N–H and O–H groups in total. The van der Waals surface area contributed by atoms with Crippen molar-refractivity contribution in [3.63, 3.8) is 0 Å². The van der Waals surface area contributed by atoms with Gasteiger partial charge in [0, 0.05) is 19.2 Å². The molecule has 0 aliphatic carbocycles. The van der Waals surface area contributed by atoms with E-state index in [0.29, 0.717) is 23.7 Å². The second kappa shape index (κ2) is 8.70. The Morgan fingerprint density at radius 2 is 1.76 bits per heavy atom. The maximum atomic E-state index is 12.0. The second-order valence-electron chi connectivity index (χ2n) is 5.23. The molecule has 0 aromatic heterocycles. The molecular formula is C18H21N3O4. The molecule has 2 aromatic rings. The number of ether oxygens (including phenoxy) is 2. The highest BCUT2D eigenvalue weighted by Gasteiger charge is 2.16. The summed E-state index contributed by atoms with van der Waals surface area (Å²) in [4.78, 5) is 24.0. The third-order valence-electron chi connectivity index (χ3n) is 3.54. The van der Waals surface area contributed by atoms with Gasteiger partial charge in [0.1, 0.15) is 11.5 Å². The van der Waals surface area contributed by atoms with E-state index in [1.54, 1.807) is 18.2 Å². The molecule has 0 saturated heterocycles. The van der Waals surface area contributed by atoms with Crippen LogP contribution in [0.3, 0.4) is 0 Å². The molecule has 25 heavy (non-hydrogen) atoms. The van der Waals surface area contributed by atoms with E-state index in [4.69, 9.17) is 15.2 Å². The van der Waals surface area contributed by atoms with Gasteiger partial charge in [0.15, 0.2) is 0 Å². The summed E-state index contributed by atoms with van der Waals surface area (Å²) < 4.78 is 10.3.